The number of ether oxygens (including phenoxy) is 2. The average molecular weight is 403 g/mol. The van der Waals surface area contributed by atoms with Crippen molar-refractivity contribution in [3.8, 4) is 0 Å². The third kappa shape index (κ3) is 4.21. The van der Waals surface area contributed by atoms with Gasteiger partial charge in [-0.3, -0.25) is 4.98 Å². The van der Waals surface area contributed by atoms with Crippen LogP contribution in [0.25, 0.3) is 0 Å². The number of pyridine rings is 1. The van der Waals surface area contributed by atoms with Crippen LogP contribution in [0.1, 0.15) is 41.1 Å². The topological polar surface area (TPSA) is 51.5 Å². The highest BCUT2D eigenvalue weighted by Gasteiger charge is 2.40. The van der Waals surface area contributed by atoms with Gasteiger partial charge in [-0.05, 0) is 56.2 Å². The molecule has 0 aromatic carbocycles. The second kappa shape index (κ2) is 9.49. The van der Waals surface area contributed by atoms with Crippen LogP contribution >= 0.6 is 12.2 Å². The molecule has 7 heteroatoms. The van der Waals surface area contributed by atoms with E-state index in [1.807, 2.05) is 18.3 Å². The van der Waals surface area contributed by atoms with E-state index in [2.05, 4.69) is 45.7 Å². The smallest absolute Gasteiger partial charge is 0.170 e. The molecule has 6 nitrogen and oxygen atoms in total. The van der Waals surface area contributed by atoms with Crippen LogP contribution in [0.5, 0.6) is 0 Å². The molecule has 0 bridgehead atoms. The van der Waals surface area contributed by atoms with Gasteiger partial charge in [-0.2, -0.15) is 0 Å². The molecular weight excluding hydrogens is 372 g/mol. The molecule has 3 rings (SSSR count). The monoisotopic (exact) mass is 402 g/mol. The number of hydrogen-bond donors (Lipinski definition) is 1. The molecule has 1 fully saturated rings. The Morgan fingerprint density at radius 3 is 2.61 bits per heavy atom. The Bertz CT molecular complexity index is 793. The van der Waals surface area contributed by atoms with E-state index in [1.54, 1.807) is 14.2 Å². The quantitative estimate of drug-likeness (QED) is 0.514. The van der Waals surface area contributed by atoms with Crippen molar-refractivity contribution in [2.75, 3.05) is 34.0 Å². The van der Waals surface area contributed by atoms with Crippen molar-refractivity contribution >= 4 is 17.3 Å². The number of rotatable bonds is 9. The summed E-state index contributed by atoms with van der Waals surface area (Å²) < 4.78 is 12.9. The lowest BCUT2D eigenvalue weighted by molar-refractivity contribution is 0.180. The van der Waals surface area contributed by atoms with E-state index in [4.69, 9.17) is 21.7 Å². The minimum atomic E-state index is 0.0209. The van der Waals surface area contributed by atoms with Gasteiger partial charge < -0.3 is 24.3 Å². The Hall–Kier alpha value is -1.96. The SMILES string of the molecule is COCCCN1C(=S)N[C@@H](c2ccccn2)[C@@H]1c1cc(C)n(CCOC)c1C. The third-order valence-electron chi connectivity index (χ3n) is 5.40. The van der Waals surface area contributed by atoms with Crippen LogP contribution in [-0.2, 0) is 16.0 Å². The first-order valence-corrected chi connectivity index (χ1v) is 10.1. The fraction of sp³-hybridized carbons (Fsp3) is 0.524. The molecule has 0 saturated carbocycles. The Kier molecular flexibility index (Phi) is 7.04. The lowest BCUT2D eigenvalue weighted by Crippen LogP contribution is -2.31. The molecular formula is C21H30N4O2S. The van der Waals surface area contributed by atoms with E-state index in [1.165, 1.54) is 17.0 Å². The fourth-order valence-electron chi connectivity index (χ4n) is 4.02. The maximum Gasteiger partial charge on any atom is 0.170 e. The summed E-state index contributed by atoms with van der Waals surface area (Å²) >= 11 is 5.72. The summed E-state index contributed by atoms with van der Waals surface area (Å²) in [6, 6.07) is 8.44. The van der Waals surface area contributed by atoms with Gasteiger partial charge in [-0.1, -0.05) is 6.07 Å². The molecule has 1 N–H and O–H groups in total. The Morgan fingerprint density at radius 1 is 1.14 bits per heavy atom. The first-order chi connectivity index (χ1) is 13.6. The van der Waals surface area contributed by atoms with Crippen molar-refractivity contribution in [1.29, 1.82) is 0 Å². The van der Waals surface area contributed by atoms with Crippen LogP contribution < -0.4 is 5.32 Å². The minimum Gasteiger partial charge on any atom is -0.385 e. The van der Waals surface area contributed by atoms with Gasteiger partial charge in [-0.15, -0.1) is 0 Å². The zero-order valence-corrected chi connectivity index (χ0v) is 18.0. The van der Waals surface area contributed by atoms with Gasteiger partial charge in [0.25, 0.3) is 0 Å². The lowest BCUT2D eigenvalue weighted by Gasteiger charge is -2.28. The summed E-state index contributed by atoms with van der Waals surface area (Å²) in [5.74, 6) is 0. The fourth-order valence-corrected chi connectivity index (χ4v) is 4.35. The zero-order valence-electron chi connectivity index (χ0n) is 17.1. The molecule has 0 spiro atoms. The number of methoxy groups -OCH3 is 2. The van der Waals surface area contributed by atoms with Crippen LogP contribution in [0, 0.1) is 13.8 Å². The van der Waals surface area contributed by atoms with Crippen LogP contribution in [0.15, 0.2) is 30.5 Å². The molecule has 2 atom stereocenters. The second-order valence-electron chi connectivity index (χ2n) is 7.14. The highest BCUT2D eigenvalue weighted by atomic mass is 32.1. The van der Waals surface area contributed by atoms with Gasteiger partial charge >= 0.3 is 0 Å². The molecule has 2 aromatic rings. The molecule has 28 heavy (non-hydrogen) atoms. The molecule has 3 heterocycles. The summed E-state index contributed by atoms with van der Waals surface area (Å²) in [5, 5.41) is 4.29. The van der Waals surface area contributed by atoms with E-state index in [0.29, 0.717) is 13.2 Å². The predicted octanol–water partition coefficient (Wildman–Crippen LogP) is 3.16. The van der Waals surface area contributed by atoms with Crippen molar-refractivity contribution in [3.63, 3.8) is 0 Å². The van der Waals surface area contributed by atoms with Crippen LogP contribution in [0.3, 0.4) is 0 Å². The van der Waals surface area contributed by atoms with E-state index >= 15 is 0 Å². The maximum absolute atomic E-state index is 5.72. The number of hydrogen-bond acceptors (Lipinski definition) is 4. The Morgan fingerprint density at radius 2 is 1.93 bits per heavy atom. The second-order valence-corrected chi connectivity index (χ2v) is 7.52. The molecule has 1 aliphatic heterocycles. The van der Waals surface area contributed by atoms with E-state index in [-0.39, 0.29) is 12.1 Å². The van der Waals surface area contributed by atoms with Crippen LogP contribution in [-0.4, -0.2) is 53.5 Å². The van der Waals surface area contributed by atoms with E-state index in [0.717, 1.165) is 30.3 Å². The van der Waals surface area contributed by atoms with Crippen molar-refractivity contribution in [2.45, 2.75) is 38.9 Å². The van der Waals surface area contributed by atoms with Crippen molar-refractivity contribution in [2.24, 2.45) is 0 Å². The molecule has 0 unspecified atom stereocenters. The number of thiocarbonyl (C=S) groups is 1. The highest BCUT2D eigenvalue weighted by Crippen LogP contribution is 2.40. The van der Waals surface area contributed by atoms with Crippen LogP contribution in [0.2, 0.25) is 0 Å². The Labute approximate surface area is 172 Å². The summed E-state index contributed by atoms with van der Waals surface area (Å²) in [4.78, 5) is 6.90. The number of aromatic nitrogens is 2. The summed E-state index contributed by atoms with van der Waals surface area (Å²) in [6.45, 7) is 7.43. The van der Waals surface area contributed by atoms with Crippen molar-refractivity contribution < 1.29 is 9.47 Å². The lowest BCUT2D eigenvalue weighted by atomic mass is 9.96. The van der Waals surface area contributed by atoms with E-state index in [9.17, 15) is 0 Å². The standard InChI is InChI=1S/C21H30N4O2S/c1-15-14-17(16(2)24(15)11-13-27-4)20-19(18-8-5-6-9-22-18)23-21(28)25(20)10-7-12-26-3/h5-6,8-9,14,19-20H,7,10-13H2,1-4H3,(H,23,28)/t19-,20-/m0/s1. The molecule has 2 aromatic heterocycles. The summed E-state index contributed by atoms with van der Waals surface area (Å²) in [7, 11) is 3.47. The summed E-state index contributed by atoms with van der Waals surface area (Å²) in [6.07, 6.45) is 2.76. The molecule has 1 saturated heterocycles. The molecule has 0 amide bonds. The Balaban J connectivity index is 1.99. The van der Waals surface area contributed by atoms with Crippen LogP contribution in [0.4, 0.5) is 0 Å². The molecule has 0 radical (unpaired) electrons. The maximum atomic E-state index is 5.72. The summed E-state index contributed by atoms with van der Waals surface area (Å²) in [5.41, 5.74) is 4.78. The number of nitrogens with one attached hydrogen (secondary N) is 1. The van der Waals surface area contributed by atoms with Crippen molar-refractivity contribution in [1.82, 2.24) is 19.8 Å². The van der Waals surface area contributed by atoms with Crippen molar-refractivity contribution in [3.05, 3.63) is 53.1 Å². The van der Waals surface area contributed by atoms with Gasteiger partial charge in [0, 0.05) is 51.5 Å². The number of aryl methyl sites for hydroxylation is 1. The first kappa shape index (κ1) is 20.8. The van der Waals surface area contributed by atoms with Gasteiger partial charge in [0.05, 0.1) is 24.4 Å². The largest absolute Gasteiger partial charge is 0.385 e. The average Bonchev–Trinajstić information content (AvgIpc) is 3.17. The number of nitrogens with zero attached hydrogens (tertiary/aromatic N) is 3. The van der Waals surface area contributed by atoms with Gasteiger partial charge in [0.15, 0.2) is 5.11 Å². The minimum absolute atomic E-state index is 0.0209. The molecule has 152 valence electrons. The normalized spacial score (nSPS) is 19.3. The molecule has 1 aliphatic rings. The third-order valence-corrected chi connectivity index (χ3v) is 5.75. The van der Waals surface area contributed by atoms with Gasteiger partial charge in [0.2, 0.25) is 0 Å². The van der Waals surface area contributed by atoms with E-state index < -0.39 is 0 Å². The first-order valence-electron chi connectivity index (χ1n) is 9.71. The highest BCUT2D eigenvalue weighted by molar-refractivity contribution is 7.80. The van der Waals surface area contributed by atoms with Gasteiger partial charge in [0.1, 0.15) is 0 Å². The van der Waals surface area contributed by atoms with Gasteiger partial charge in [-0.25, -0.2) is 0 Å². The predicted molar refractivity (Wildman–Crippen MR) is 114 cm³/mol. The zero-order chi connectivity index (χ0) is 20.1. The molecule has 0 aliphatic carbocycles.